The third kappa shape index (κ3) is 5.06. The van der Waals surface area contributed by atoms with Crippen LogP contribution in [0.3, 0.4) is 0 Å². The molecule has 6 nitrogen and oxygen atoms in total. The van der Waals surface area contributed by atoms with E-state index in [0.29, 0.717) is 17.5 Å². The molecule has 0 aromatic heterocycles. The van der Waals surface area contributed by atoms with Crippen molar-refractivity contribution in [1.29, 1.82) is 0 Å². The van der Waals surface area contributed by atoms with Crippen molar-refractivity contribution in [3.63, 3.8) is 0 Å². The smallest absolute Gasteiger partial charge is 0.337 e. The minimum absolute atomic E-state index is 0.0651. The summed E-state index contributed by atoms with van der Waals surface area (Å²) in [5.41, 5.74) is 4.31. The van der Waals surface area contributed by atoms with Gasteiger partial charge in [0.2, 0.25) is 0 Å². The van der Waals surface area contributed by atoms with Crippen molar-refractivity contribution in [2.45, 2.75) is 63.2 Å². The second-order valence-corrected chi connectivity index (χ2v) is 11.3. The summed E-state index contributed by atoms with van der Waals surface area (Å²) in [4.78, 5) is 27.4. The Morgan fingerprint density at radius 1 is 0.949 bits per heavy atom. The lowest BCUT2D eigenvalue weighted by Crippen LogP contribution is -2.44. The monoisotopic (exact) mass is 523 g/mol. The summed E-state index contributed by atoms with van der Waals surface area (Å²) in [5.74, 6) is 0.396. The van der Waals surface area contributed by atoms with Gasteiger partial charge in [0.1, 0.15) is 0 Å². The predicted octanol–water partition coefficient (Wildman–Crippen LogP) is 6.60. The Labute approximate surface area is 230 Å². The lowest BCUT2D eigenvalue weighted by Gasteiger charge is -2.31. The van der Waals surface area contributed by atoms with Gasteiger partial charge in [0, 0.05) is 12.6 Å². The Bertz CT molecular complexity index is 1400. The minimum Gasteiger partial charge on any atom is -0.465 e. The fourth-order valence-electron chi connectivity index (χ4n) is 6.85. The molecule has 0 spiro atoms. The van der Waals surface area contributed by atoms with E-state index in [-0.39, 0.29) is 30.1 Å². The van der Waals surface area contributed by atoms with Crippen molar-refractivity contribution in [2.24, 2.45) is 5.92 Å². The van der Waals surface area contributed by atoms with Gasteiger partial charge in [-0.1, -0.05) is 60.7 Å². The van der Waals surface area contributed by atoms with E-state index in [1.54, 1.807) is 0 Å². The molecule has 3 aromatic carbocycles. The molecule has 3 aliphatic rings. The molecule has 2 aliphatic heterocycles. The van der Waals surface area contributed by atoms with Gasteiger partial charge in [-0.05, 0) is 84.5 Å². The van der Waals surface area contributed by atoms with Gasteiger partial charge in [-0.3, -0.25) is 4.90 Å². The number of hydrogen-bond acceptors (Lipinski definition) is 4. The number of urea groups is 1. The fraction of sp³-hybridized carbons (Fsp3) is 0.394. The van der Waals surface area contributed by atoms with Crippen LogP contribution >= 0.6 is 0 Å². The first-order valence-corrected chi connectivity index (χ1v) is 14.2. The van der Waals surface area contributed by atoms with Gasteiger partial charge in [-0.25, -0.2) is 9.59 Å². The summed E-state index contributed by atoms with van der Waals surface area (Å²) in [7, 11) is 1.43. The number of amides is 2. The van der Waals surface area contributed by atoms with Crippen LogP contribution < -0.4 is 10.6 Å². The molecule has 6 rings (SSSR count). The van der Waals surface area contributed by atoms with E-state index in [0.717, 1.165) is 44.2 Å². The molecule has 3 atom stereocenters. The zero-order valence-electron chi connectivity index (χ0n) is 22.7. The quantitative estimate of drug-likeness (QED) is 0.270. The Morgan fingerprint density at radius 2 is 1.69 bits per heavy atom. The zero-order valence-corrected chi connectivity index (χ0v) is 22.7. The first-order valence-electron chi connectivity index (χ1n) is 14.2. The molecule has 1 fully saturated rings. The standard InChI is InChI=1S/C33H37N3O3/c1-21(26-9-5-7-23-6-3-4-8-27(23)26)34-33(38)35-25-13-10-22(11-14-25)18-19-36-30-16-17-31(36)29-20-24(32(37)39-2)12-15-28(29)30/h3-9,12,15-17,20-22,25,30-31H,10-11,13-14,18-19H2,1-2H3,(H2,34,35,38)/t21-,22-,25-,30-,31+/m0/s1. The van der Waals surface area contributed by atoms with Crippen LogP contribution in [0.15, 0.2) is 72.8 Å². The minimum atomic E-state index is -0.279. The number of nitrogens with zero attached hydrogens (tertiary/aromatic N) is 1. The number of methoxy groups -OCH3 is 1. The second kappa shape index (κ2) is 10.9. The van der Waals surface area contributed by atoms with Crippen LogP contribution in [0, 0.1) is 5.92 Å². The van der Waals surface area contributed by atoms with Crippen molar-refractivity contribution in [3.05, 3.63) is 95.1 Å². The van der Waals surface area contributed by atoms with Gasteiger partial charge < -0.3 is 15.4 Å². The van der Waals surface area contributed by atoms with E-state index in [4.69, 9.17) is 4.74 Å². The molecule has 2 bridgehead atoms. The van der Waals surface area contributed by atoms with E-state index in [1.165, 1.54) is 29.0 Å². The zero-order chi connectivity index (χ0) is 26.9. The Hall–Kier alpha value is -3.64. The molecule has 2 heterocycles. The third-order valence-corrected chi connectivity index (χ3v) is 8.95. The van der Waals surface area contributed by atoms with Crippen LogP contribution in [-0.2, 0) is 4.74 Å². The molecule has 0 saturated heterocycles. The number of nitrogens with one attached hydrogen (secondary N) is 2. The average Bonchev–Trinajstić information content (AvgIpc) is 3.51. The van der Waals surface area contributed by atoms with Crippen molar-refractivity contribution < 1.29 is 14.3 Å². The van der Waals surface area contributed by atoms with E-state index in [2.05, 4.69) is 64.1 Å². The van der Waals surface area contributed by atoms with Crippen LogP contribution in [0.4, 0.5) is 4.79 Å². The van der Waals surface area contributed by atoms with Crippen molar-refractivity contribution >= 4 is 22.8 Å². The number of benzene rings is 3. The Balaban J connectivity index is 0.972. The molecule has 0 radical (unpaired) electrons. The van der Waals surface area contributed by atoms with E-state index < -0.39 is 0 Å². The highest BCUT2D eigenvalue weighted by atomic mass is 16.5. The number of rotatable bonds is 7. The summed E-state index contributed by atoms with van der Waals surface area (Å²) in [6.07, 6.45) is 10.0. The van der Waals surface area contributed by atoms with Crippen molar-refractivity contribution in [3.8, 4) is 0 Å². The molecule has 0 unspecified atom stereocenters. The van der Waals surface area contributed by atoms with Crippen LogP contribution in [0.5, 0.6) is 0 Å². The normalized spacial score (nSPS) is 24.4. The molecule has 2 N–H and O–H groups in total. The number of esters is 1. The molecule has 202 valence electrons. The SMILES string of the molecule is COC(=O)c1ccc2c(c1)[C@H]1C=C[C@@H]2N1CC[C@H]1CC[C@H](NC(=O)N[C@@H](C)c2cccc3ccccc23)CC1. The number of hydrogen-bond donors (Lipinski definition) is 2. The molecule has 39 heavy (non-hydrogen) atoms. The maximum atomic E-state index is 12.8. The number of ether oxygens (including phenoxy) is 1. The average molecular weight is 524 g/mol. The van der Waals surface area contributed by atoms with Crippen LogP contribution in [-0.4, -0.2) is 36.6 Å². The maximum absolute atomic E-state index is 12.8. The number of carbonyl (C=O) groups is 2. The third-order valence-electron chi connectivity index (χ3n) is 8.95. The molecule has 6 heteroatoms. The summed E-state index contributed by atoms with van der Waals surface area (Å²) < 4.78 is 4.92. The highest BCUT2D eigenvalue weighted by Crippen LogP contribution is 2.49. The van der Waals surface area contributed by atoms with Crippen LogP contribution in [0.2, 0.25) is 0 Å². The van der Waals surface area contributed by atoms with Gasteiger partial charge in [0.05, 0.1) is 30.8 Å². The van der Waals surface area contributed by atoms with Crippen molar-refractivity contribution in [2.75, 3.05) is 13.7 Å². The topological polar surface area (TPSA) is 70.7 Å². The molecule has 3 aromatic rings. The summed E-state index contributed by atoms with van der Waals surface area (Å²) in [6, 6.07) is 21.2. The molecular weight excluding hydrogens is 486 g/mol. The molecule has 1 saturated carbocycles. The summed E-state index contributed by atoms with van der Waals surface area (Å²) >= 11 is 0. The van der Waals surface area contributed by atoms with Crippen LogP contribution in [0.1, 0.15) is 84.2 Å². The predicted molar refractivity (Wildman–Crippen MR) is 154 cm³/mol. The largest absolute Gasteiger partial charge is 0.465 e. The highest BCUT2D eigenvalue weighted by Gasteiger charge is 2.40. The van der Waals surface area contributed by atoms with Crippen LogP contribution in [0.25, 0.3) is 10.8 Å². The number of fused-ring (bicyclic) bond motifs is 6. The second-order valence-electron chi connectivity index (χ2n) is 11.3. The van der Waals surface area contributed by atoms with Crippen molar-refractivity contribution in [1.82, 2.24) is 15.5 Å². The van der Waals surface area contributed by atoms with Gasteiger partial charge >= 0.3 is 12.0 Å². The molecule has 1 aliphatic carbocycles. The van der Waals surface area contributed by atoms with Gasteiger partial charge in [-0.15, -0.1) is 0 Å². The maximum Gasteiger partial charge on any atom is 0.337 e. The lowest BCUT2D eigenvalue weighted by molar-refractivity contribution is 0.0600. The Morgan fingerprint density at radius 3 is 2.49 bits per heavy atom. The summed E-state index contributed by atoms with van der Waals surface area (Å²) in [5, 5.41) is 8.76. The van der Waals surface area contributed by atoms with E-state index >= 15 is 0 Å². The molecule has 2 amide bonds. The van der Waals surface area contributed by atoms with Gasteiger partial charge in [-0.2, -0.15) is 0 Å². The van der Waals surface area contributed by atoms with E-state index in [9.17, 15) is 9.59 Å². The lowest BCUT2D eigenvalue weighted by atomic mass is 9.84. The van der Waals surface area contributed by atoms with E-state index in [1.807, 2.05) is 31.2 Å². The fourth-order valence-corrected chi connectivity index (χ4v) is 6.85. The highest BCUT2D eigenvalue weighted by molar-refractivity contribution is 5.90. The van der Waals surface area contributed by atoms with Gasteiger partial charge in [0.15, 0.2) is 0 Å². The summed E-state index contributed by atoms with van der Waals surface area (Å²) in [6.45, 7) is 3.09. The van der Waals surface area contributed by atoms with Gasteiger partial charge in [0.25, 0.3) is 0 Å². The first-order chi connectivity index (χ1) is 19.0. The first kappa shape index (κ1) is 25.6. The Kier molecular flexibility index (Phi) is 7.13. The number of carbonyl (C=O) groups excluding carboxylic acids is 2. The molecular formula is C33H37N3O3.